The van der Waals surface area contributed by atoms with Crippen LogP contribution in [-0.2, 0) is 6.54 Å². The molecule has 1 N–H and O–H groups in total. The number of benzene rings is 2. The molecule has 0 bridgehead atoms. The number of fused-ring (bicyclic) bond motifs is 1. The van der Waals surface area contributed by atoms with Crippen molar-refractivity contribution in [2.75, 3.05) is 36.4 Å². The maximum Gasteiger partial charge on any atom is 0.242 e. The second-order valence-electron chi connectivity index (χ2n) is 10.7. The number of hydrogen-bond donors (Lipinski definition) is 1. The molecule has 39 heavy (non-hydrogen) atoms. The minimum Gasteiger partial charge on any atom is -0.437 e. The molecule has 8 heteroatoms. The van der Waals surface area contributed by atoms with Gasteiger partial charge in [0.15, 0.2) is 0 Å². The van der Waals surface area contributed by atoms with Gasteiger partial charge >= 0.3 is 0 Å². The molecule has 2 aromatic carbocycles. The third-order valence-corrected chi connectivity index (χ3v) is 8.69. The van der Waals surface area contributed by atoms with Crippen molar-refractivity contribution >= 4 is 33.2 Å². The molecule has 0 amide bonds. The largest absolute Gasteiger partial charge is 0.437 e. The van der Waals surface area contributed by atoms with Gasteiger partial charge in [-0.15, -0.1) is 11.3 Å². The van der Waals surface area contributed by atoms with Crippen LogP contribution in [0.5, 0.6) is 11.6 Å². The first-order valence-corrected chi connectivity index (χ1v) is 14.7. The SMILES string of the molecule is Cc1cc(C#N)cc(C)c1Oc1nc(NC2CCN(Cc3ccc(N4CCCC4)cc3)CC2)nc2ccsc12. The molecule has 0 saturated carbocycles. The van der Waals surface area contributed by atoms with E-state index in [1.165, 1.54) is 37.2 Å². The van der Waals surface area contributed by atoms with Crippen LogP contribution in [0.1, 0.15) is 47.9 Å². The Kier molecular flexibility index (Phi) is 7.36. The van der Waals surface area contributed by atoms with Crippen molar-refractivity contribution in [3.8, 4) is 17.7 Å². The van der Waals surface area contributed by atoms with E-state index in [2.05, 4.69) is 45.5 Å². The maximum atomic E-state index is 9.29. The predicted octanol–water partition coefficient (Wildman–Crippen LogP) is 6.65. The molecule has 200 valence electrons. The Labute approximate surface area is 234 Å². The van der Waals surface area contributed by atoms with Crippen molar-refractivity contribution in [1.29, 1.82) is 5.26 Å². The Bertz CT molecular complexity index is 1470. The van der Waals surface area contributed by atoms with Gasteiger partial charge in [-0.3, -0.25) is 4.90 Å². The van der Waals surface area contributed by atoms with Crippen LogP contribution in [0.3, 0.4) is 0 Å². The summed E-state index contributed by atoms with van der Waals surface area (Å²) in [5, 5.41) is 14.9. The molecular formula is C31H34N6OS. The van der Waals surface area contributed by atoms with Crippen molar-refractivity contribution in [2.45, 2.75) is 52.1 Å². The second-order valence-corrected chi connectivity index (χ2v) is 11.6. The number of aromatic nitrogens is 2. The Morgan fingerprint density at radius 2 is 1.72 bits per heavy atom. The van der Waals surface area contributed by atoms with Crippen LogP contribution < -0.4 is 15.0 Å². The first-order valence-electron chi connectivity index (χ1n) is 13.8. The lowest BCUT2D eigenvalue weighted by Crippen LogP contribution is -2.39. The number of thiophene rings is 1. The Morgan fingerprint density at radius 1 is 1.00 bits per heavy atom. The lowest BCUT2D eigenvalue weighted by molar-refractivity contribution is 0.211. The van der Waals surface area contributed by atoms with E-state index in [0.717, 1.165) is 59.6 Å². The zero-order chi connectivity index (χ0) is 26.8. The summed E-state index contributed by atoms with van der Waals surface area (Å²) in [7, 11) is 0. The molecule has 2 aliphatic rings. The quantitative estimate of drug-likeness (QED) is 0.282. The zero-order valence-electron chi connectivity index (χ0n) is 22.6. The summed E-state index contributed by atoms with van der Waals surface area (Å²) in [6, 6.07) is 17.4. The van der Waals surface area contributed by atoms with Crippen LogP contribution in [0.2, 0.25) is 0 Å². The van der Waals surface area contributed by atoms with Gasteiger partial charge in [-0.25, -0.2) is 4.98 Å². The van der Waals surface area contributed by atoms with E-state index >= 15 is 0 Å². The molecule has 0 aliphatic carbocycles. The molecule has 6 rings (SSSR count). The molecule has 4 aromatic rings. The standard InChI is InChI=1S/C31H34N6OS/c1-21-17-24(19-32)18-22(2)28(21)38-30-29-27(11-16-39-29)34-31(35-30)33-25-9-14-36(15-10-25)20-23-5-7-26(8-6-23)37-12-3-4-13-37/h5-8,11,16-18,25H,3-4,9-10,12-15,20H2,1-2H3,(H,33,34,35). The third kappa shape index (κ3) is 5.70. The van der Waals surface area contributed by atoms with Gasteiger partial charge in [0.25, 0.3) is 0 Å². The Hall–Kier alpha value is -3.67. The monoisotopic (exact) mass is 538 g/mol. The molecule has 7 nitrogen and oxygen atoms in total. The number of hydrogen-bond acceptors (Lipinski definition) is 8. The maximum absolute atomic E-state index is 9.29. The van der Waals surface area contributed by atoms with Crippen LogP contribution in [-0.4, -0.2) is 47.1 Å². The lowest BCUT2D eigenvalue weighted by atomic mass is 10.0. The Morgan fingerprint density at radius 3 is 2.41 bits per heavy atom. The highest BCUT2D eigenvalue weighted by molar-refractivity contribution is 7.17. The highest BCUT2D eigenvalue weighted by Crippen LogP contribution is 2.36. The first-order chi connectivity index (χ1) is 19.1. The molecular weight excluding hydrogens is 504 g/mol. The van der Waals surface area contributed by atoms with Gasteiger partial charge in [0.2, 0.25) is 11.8 Å². The molecule has 0 spiro atoms. The molecule has 0 unspecified atom stereocenters. The second kappa shape index (κ2) is 11.2. The van der Waals surface area contributed by atoms with Crippen molar-refractivity contribution < 1.29 is 4.74 Å². The first kappa shape index (κ1) is 25.6. The van der Waals surface area contributed by atoms with Gasteiger partial charge in [0, 0.05) is 44.5 Å². The van der Waals surface area contributed by atoms with Crippen molar-refractivity contribution in [3.05, 3.63) is 70.1 Å². The number of nitrogens with zero attached hydrogens (tertiary/aromatic N) is 5. The molecule has 2 fully saturated rings. The third-order valence-electron chi connectivity index (χ3n) is 7.80. The number of nitriles is 1. The van der Waals surface area contributed by atoms with E-state index < -0.39 is 0 Å². The molecule has 2 aromatic heterocycles. The van der Waals surface area contributed by atoms with Gasteiger partial charge in [0.05, 0.1) is 17.1 Å². The van der Waals surface area contributed by atoms with Gasteiger partial charge < -0.3 is 15.0 Å². The molecule has 2 aliphatic heterocycles. The molecule has 2 saturated heterocycles. The predicted molar refractivity (Wildman–Crippen MR) is 158 cm³/mol. The lowest BCUT2D eigenvalue weighted by Gasteiger charge is -2.32. The van der Waals surface area contributed by atoms with Gasteiger partial charge in [0.1, 0.15) is 10.4 Å². The minimum absolute atomic E-state index is 0.320. The molecule has 4 heterocycles. The zero-order valence-corrected chi connectivity index (χ0v) is 23.4. The average Bonchev–Trinajstić information content (AvgIpc) is 3.65. The van der Waals surface area contributed by atoms with E-state index in [1.807, 2.05) is 37.4 Å². The number of ether oxygens (including phenoxy) is 1. The van der Waals surface area contributed by atoms with E-state index in [1.54, 1.807) is 11.3 Å². The van der Waals surface area contributed by atoms with Crippen LogP contribution in [0.25, 0.3) is 10.2 Å². The van der Waals surface area contributed by atoms with Crippen LogP contribution in [0.4, 0.5) is 11.6 Å². The van der Waals surface area contributed by atoms with Crippen LogP contribution >= 0.6 is 11.3 Å². The topological polar surface area (TPSA) is 77.3 Å². The van der Waals surface area contributed by atoms with E-state index in [9.17, 15) is 5.26 Å². The fraction of sp³-hybridized carbons (Fsp3) is 0.387. The number of likely N-dealkylation sites (tertiary alicyclic amines) is 1. The van der Waals surface area contributed by atoms with Gasteiger partial charge in [-0.2, -0.15) is 10.2 Å². The van der Waals surface area contributed by atoms with Crippen LogP contribution in [0, 0.1) is 25.2 Å². The summed E-state index contributed by atoms with van der Waals surface area (Å²) in [6.45, 7) is 9.37. The summed E-state index contributed by atoms with van der Waals surface area (Å²) in [4.78, 5) is 14.6. The fourth-order valence-corrected chi connectivity index (χ4v) is 6.46. The van der Waals surface area contributed by atoms with Crippen molar-refractivity contribution in [1.82, 2.24) is 14.9 Å². The number of rotatable bonds is 7. The summed E-state index contributed by atoms with van der Waals surface area (Å²) < 4.78 is 7.29. The molecule has 0 radical (unpaired) electrons. The van der Waals surface area contributed by atoms with Crippen molar-refractivity contribution in [3.63, 3.8) is 0 Å². The summed E-state index contributed by atoms with van der Waals surface area (Å²) in [5.41, 5.74) is 6.09. The molecule has 0 atom stereocenters. The number of anilines is 2. The average molecular weight is 539 g/mol. The van der Waals surface area contributed by atoms with E-state index in [4.69, 9.17) is 14.7 Å². The van der Waals surface area contributed by atoms with Crippen LogP contribution in [0.15, 0.2) is 47.8 Å². The summed E-state index contributed by atoms with van der Waals surface area (Å²) >= 11 is 1.58. The van der Waals surface area contributed by atoms with E-state index in [-0.39, 0.29) is 0 Å². The highest BCUT2D eigenvalue weighted by atomic mass is 32.1. The fourth-order valence-electron chi connectivity index (χ4n) is 5.71. The Balaban J connectivity index is 1.09. The summed E-state index contributed by atoms with van der Waals surface area (Å²) in [5.74, 6) is 1.91. The normalized spacial score (nSPS) is 16.5. The van der Waals surface area contributed by atoms with Gasteiger partial charge in [-0.1, -0.05) is 12.1 Å². The highest BCUT2D eigenvalue weighted by Gasteiger charge is 2.22. The van der Waals surface area contributed by atoms with Gasteiger partial charge in [-0.05, 0) is 91.9 Å². The minimum atomic E-state index is 0.320. The number of aryl methyl sites for hydroxylation is 2. The number of piperidine rings is 1. The van der Waals surface area contributed by atoms with Crippen molar-refractivity contribution in [2.24, 2.45) is 0 Å². The number of nitrogens with one attached hydrogen (secondary N) is 1. The summed E-state index contributed by atoms with van der Waals surface area (Å²) in [6.07, 6.45) is 4.70. The van der Waals surface area contributed by atoms with E-state index in [0.29, 0.717) is 23.4 Å². The smallest absolute Gasteiger partial charge is 0.242 e.